The lowest BCUT2D eigenvalue weighted by Crippen LogP contribution is -2.30. The molecule has 1 heterocycles. The monoisotopic (exact) mass is 322 g/mol. The van der Waals surface area contributed by atoms with Gasteiger partial charge >= 0.3 is 0 Å². The van der Waals surface area contributed by atoms with Gasteiger partial charge in [-0.2, -0.15) is 0 Å². The van der Waals surface area contributed by atoms with Gasteiger partial charge in [0.2, 0.25) is 5.76 Å². The molecule has 0 radical (unpaired) electrons. The number of nitrogens with one attached hydrogen (secondary N) is 1. The van der Waals surface area contributed by atoms with E-state index in [2.05, 4.69) is 10.5 Å². The highest BCUT2D eigenvalue weighted by atomic mass is 35.5. The highest BCUT2D eigenvalue weighted by Gasteiger charge is 2.20. The van der Waals surface area contributed by atoms with Crippen LogP contribution in [0.3, 0.4) is 0 Å². The van der Waals surface area contributed by atoms with E-state index in [0.717, 1.165) is 17.7 Å². The van der Waals surface area contributed by atoms with Crippen LogP contribution in [0.2, 0.25) is 5.02 Å². The second kappa shape index (κ2) is 7.42. The Bertz CT molecular complexity index is 625. The van der Waals surface area contributed by atoms with Gasteiger partial charge in [0, 0.05) is 17.0 Å². The van der Waals surface area contributed by atoms with Crippen LogP contribution in [0.4, 0.5) is 0 Å². The summed E-state index contributed by atoms with van der Waals surface area (Å²) in [7, 11) is 0. The van der Waals surface area contributed by atoms with E-state index in [0.29, 0.717) is 5.02 Å². The molecule has 2 aromatic rings. The molecule has 0 fully saturated rings. The second-order valence-corrected chi connectivity index (χ2v) is 5.62. The van der Waals surface area contributed by atoms with Gasteiger partial charge in [0.15, 0.2) is 0 Å². The first-order chi connectivity index (χ1) is 10.5. The molecule has 0 aliphatic carbocycles. The molecule has 2 N–H and O–H groups in total. The van der Waals surface area contributed by atoms with Crippen molar-refractivity contribution in [2.45, 2.75) is 32.2 Å². The number of nitrogens with zero attached hydrogens (tertiary/aromatic N) is 1. The maximum absolute atomic E-state index is 12.2. The Hall–Kier alpha value is -1.85. The van der Waals surface area contributed by atoms with Crippen molar-refractivity contribution in [2.75, 3.05) is 6.61 Å². The van der Waals surface area contributed by atoms with E-state index in [1.54, 1.807) is 30.3 Å². The molecular formula is C16H19ClN2O3. The molecule has 5 nitrogen and oxygen atoms in total. The number of amides is 1. The van der Waals surface area contributed by atoms with Crippen molar-refractivity contribution in [1.29, 1.82) is 0 Å². The van der Waals surface area contributed by atoms with Crippen LogP contribution in [-0.4, -0.2) is 22.8 Å². The molecule has 1 aromatic heterocycles. The Labute approximate surface area is 134 Å². The summed E-state index contributed by atoms with van der Waals surface area (Å²) < 4.78 is 5.08. The zero-order valence-corrected chi connectivity index (χ0v) is 13.3. The second-order valence-electron chi connectivity index (χ2n) is 5.19. The van der Waals surface area contributed by atoms with Crippen molar-refractivity contribution < 1.29 is 14.4 Å². The Balaban J connectivity index is 2.09. The summed E-state index contributed by atoms with van der Waals surface area (Å²) in [6, 6.07) is 8.05. The molecule has 1 aromatic carbocycles. The van der Waals surface area contributed by atoms with Crippen molar-refractivity contribution in [3.05, 3.63) is 52.4 Å². The topological polar surface area (TPSA) is 75.4 Å². The van der Waals surface area contributed by atoms with E-state index in [4.69, 9.17) is 16.1 Å². The Morgan fingerprint density at radius 2 is 2.09 bits per heavy atom. The summed E-state index contributed by atoms with van der Waals surface area (Å²) in [6.45, 7) is 3.84. The number of aliphatic hydroxyl groups is 1. The molecule has 6 heteroatoms. The molecule has 0 aliphatic heterocycles. The molecule has 0 bridgehead atoms. The van der Waals surface area contributed by atoms with E-state index in [1.165, 1.54) is 0 Å². The molecule has 0 spiro atoms. The van der Waals surface area contributed by atoms with E-state index < -0.39 is 11.9 Å². The van der Waals surface area contributed by atoms with E-state index in [1.807, 2.05) is 13.8 Å². The molecule has 2 rings (SSSR count). The predicted octanol–water partition coefficient (Wildman–Crippen LogP) is 3.30. The fraction of sp³-hybridized carbons (Fsp3) is 0.375. The SMILES string of the molecule is CCC(C)c1cc(C(=O)NC(CO)c2ccc(Cl)cc2)on1. The Kier molecular flexibility index (Phi) is 5.57. The molecule has 2 atom stereocenters. The molecule has 1 amide bonds. The van der Waals surface area contributed by atoms with Crippen LogP contribution in [-0.2, 0) is 0 Å². The summed E-state index contributed by atoms with van der Waals surface area (Å²) in [4.78, 5) is 12.2. The highest BCUT2D eigenvalue weighted by molar-refractivity contribution is 6.30. The van der Waals surface area contributed by atoms with Gasteiger partial charge in [0.1, 0.15) is 0 Å². The average Bonchev–Trinajstić information content (AvgIpc) is 3.02. The fourth-order valence-electron chi connectivity index (χ4n) is 2.00. The minimum atomic E-state index is -0.526. The number of benzene rings is 1. The number of hydrogen-bond acceptors (Lipinski definition) is 4. The summed E-state index contributed by atoms with van der Waals surface area (Å²) in [5.74, 6) is -0.0334. The predicted molar refractivity (Wildman–Crippen MR) is 84.0 cm³/mol. The van der Waals surface area contributed by atoms with Gasteiger partial charge < -0.3 is 14.9 Å². The fourth-order valence-corrected chi connectivity index (χ4v) is 2.12. The number of carbonyl (C=O) groups is 1. The Morgan fingerprint density at radius 3 is 2.68 bits per heavy atom. The van der Waals surface area contributed by atoms with Gasteiger partial charge in [-0.25, -0.2) is 0 Å². The van der Waals surface area contributed by atoms with Crippen LogP contribution < -0.4 is 5.32 Å². The van der Waals surface area contributed by atoms with Gasteiger partial charge in [-0.3, -0.25) is 4.79 Å². The maximum Gasteiger partial charge on any atom is 0.290 e. The third-order valence-corrected chi connectivity index (χ3v) is 3.88. The molecule has 0 saturated carbocycles. The zero-order valence-electron chi connectivity index (χ0n) is 12.5. The standard InChI is InChI=1S/C16H19ClN2O3/c1-3-10(2)13-8-15(22-19-13)16(21)18-14(9-20)11-4-6-12(17)7-5-11/h4-8,10,14,20H,3,9H2,1-2H3,(H,18,21). The molecular weight excluding hydrogens is 304 g/mol. The van der Waals surface area contributed by atoms with E-state index in [-0.39, 0.29) is 18.3 Å². The lowest BCUT2D eigenvalue weighted by atomic mass is 10.1. The molecule has 22 heavy (non-hydrogen) atoms. The highest BCUT2D eigenvalue weighted by Crippen LogP contribution is 2.20. The lowest BCUT2D eigenvalue weighted by molar-refractivity contribution is 0.0879. The van der Waals surface area contributed by atoms with Crippen LogP contribution in [0.1, 0.15) is 54.0 Å². The molecule has 118 valence electrons. The molecule has 0 aliphatic rings. The third-order valence-electron chi connectivity index (χ3n) is 3.63. The minimum Gasteiger partial charge on any atom is -0.394 e. The maximum atomic E-state index is 12.2. The summed E-state index contributed by atoms with van der Waals surface area (Å²) in [6.07, 6.45) is 0.914. The van der Waals surface area contributed by atoms with Crippen molar-refractivity contribution in [1.82, 2.24) is 10.5 Å². The van der Waals surface area contributed by atoms with Crippen LogP contribution in [0.5, 0.6) is 0 Å². The number of rotatable bonds is 6. The minimum absolute atomic E-state index is 0.141. The smallest absolute Gasteiger partial charge is 0.290 e. The van der Waals surface area contributed by atoms with Crippen molar-refractivity contribution in [3.63, 3.8) is 0 Å². The average molecular weight is 323 g/mol. The number of aromatic nitrogens is 1. The molecule has 2 unspecified atom stereocenters. The largest absolute Gasteiger partial charge is 0.394 e. The summed E-state index contributed by atoms with van der Waals surface area (Å²) >= 11 is 5.83. The van der Waals surface area contributed by atoms with Crippen molar-refractivity contribution in [2.24, 2.45) is 0 Å². The number of halogens is 1. The molecule has 0 saturated heterocycles. The van der Waals surface area contributed by atoms with Crippen LogP contribution >= 0.6 is 11.6 Å². The van der Waals surface area contributed by atoms with Gasteiger partial charge in [-0.15, -0.1) is 0 Å². The van der Waals surface area contributed by atoms with Crippen LogP contribution in [0, 0.1) is 0 Å². The van der Waals surface area contributed by atoms with Gasteiger partial charge in [-0.1, -0.05) is 42.7 Å². The quantitative estimate of drug-likeness (QED) is 0.855. The van der Waals surface area contributed by atoms with Crippen LogP contribution in [0.15, 0.2) is 34.9 Å². The van der Waals surface area contributed by atoms with Gasteiger partial charge in [0.25, 0.3) is 5.91 Å². The summed E-state index contributed by atoms with van der Waals surface area (Å²) in [5, 5.41) is 16.7. The Morgan fingerprint density at radius 1 is 1.41 bits per heavy atom. The lowest BCUT2D eigenvalue weighted by Gasteiger charge is -2.15. The van der Waals surface area contributed by atoms with Crippen molar-refractivity contribution in [3.8, 4) is 0 Å². The van der Waals surface area contributed by atoms with E-state index >= 15 is 0 Å². The first kappa shape index (κ1) is 16.5. The number of aliphatic hydroxyl groups excluding tert-OH is 1. The van der Waals surface area contributed by atoms with Gasteiger partial charge in [0.05, 0.1) is 18.3 Å². The normalized spacial score (nSPS) is 13.6. The first-order valence-electron chi connectivity index (χ1n) is 7.19. The number of carbonyl (C=O) groups excluding carboxylic acids is 1. The van der Waals surface area contributed by atoms with Crippen LogP contribution in [0.25, 0.3) is 0 Å². The van der Waals surface area contributed by atoms with Gasteiger partial charge in [-0.05, 0) is 24.1 Å². The zero-order chi connectivity index (χ0) is 16.1. The summed E-state index contributed by atoms with van der Waals surface area (Å²) in [5.41, 5.74) is 1.52. The third kappa shape index (κ3) is 3.87. The number of hydrogen-bond donors (Lipinski definition) is 2. The van der Waals surface area contributed by atoms with Crippen molar-refractivity contribution >= 4 is 17.5 Å². The first-order valence-corrected chi connectivity index (χ1v) is 7.56. The van der Waals surface area contributed by atoms with E-state index in [9.17, 15) is 9.90 Å².